The molecule has 0 spiro atoms. The lowest BCUT2D eigenvalue weighted by Gasteiger charge is -2.29. The van der Waals surface area contributed by atoms with Crippen LogP contribution in [0.15, 0.2) is 30.3 Å². The number of rotatable bonds is 11. The first-order valence-corrected chi connectivity index (χ1v) is 13.1. The number of hydrogen-bond donors (Lipinski definition) is 0. The highest BCUT2D eigenvalue weighted by atomic mass is 14.3. The summed E-state index contributed by atoms with van der Waals surface area (Å²) in [6.45, 7) is 4.62. The maximum atomic E-state index is 2.55. The van der Waals surface area contributed by atoms with E-state index in [0.717, 1.165) is 17.8 Å². The summed E-state index contributed by atoms with van der Waals surface area (Å²) in [7, 11) is 0. The third-order valence-electron chi connectivity index (χ3n) is 7.80. The molecule has 1 aromatic carbocycles. The van der Waals surface area contributed by atoms with Crippen molar-refractivity contribution in [3.05, 3.63) is 41.5 Å². The standard InChI is InChI=1S/C29H46/c1-3-5-7-8-9-11-25-14-18-27(19-15-25)29-22-20-28(21-23-29)26-16-12-24(13-17-26)10-6-4-2/h16,20-25,27H,3-15,17-19H2,1-2H3. The van der Waals surface area contributed by atoms with Gasteiger partial charge < -0.3 is 0 Å². The van der Waals surface area contributed by atoms with Crippen LogP contribution < -0.4 is 0 Å². The Morgan fingerprint density at radius 1 is 0.690 bits per heavy atom. The summed E-state index contributed by atoms with van der Waals surface area (Å²) < 4.78 is 0. The van der Waals surface area contributed by atoms with E-state index in [4.69, 9.17) is 0 Å². The van der Waals surface area contributed by atoms with Gasteiger partial charge in [-0.3, -0.25) is 0 Å². The van der Waals surface area contributed by atoms with Gasteiger partial charge in [-0.1, -0.05) is 102 Å². The first-order valence-electron chi connectivity index (χ1n) is 13.1. The van der Waals surface area contributed by atoms with Gasteiger partial charge in [-0.25, -0.2) is 0 Å². The zero-order valence-corrected chi connectivity index (χ0v) is 19.4. The summed E-state index contributed by atoms with van der Waals surface area (Å²) in [5.41, 5.74) is 4.70. The van der Waals surface area contributed by atoms with Crippen molar-refractivity contribution in [3.63, 3.8) is 0 Å². The number of allylic oxidation sites excluding steroid dienone is 2. The molecule has 1 aromatic rings. The van der Waals surface area contributed by atoms with E-state index in [1.165, 1.54) is 108 Å². The van der Waals surface area contributed by atoms with Gasteiger partial charge in [-0.2, -0.15) is 0 Å². The molecule has 29 heavy (non-hydrogen) atoms. The van der Waals surface area contributed by atoms with Crippen LogP contribution in [0.25, 0.3) is 5.57 Å². The van der Waals surface area contributed by atoms with Crippen molar-refractivity contribution in [1.29, 1.82) is 0 Å². The van der Waals surface area contributed by atoms with Crippen molar-refractivity contribution in [3.8, 4) is 0 Å². The van der Waals surface area contributed by atoms with Gasteiger partial charge in [0.2, 0.25) is 0 Å². The van der Waals surface area contributed by atoms with Gasteiger partial charge in [0.25, 0.3) is 0 Å². The maximum absolute atomic E-state index is 2.55. The van der Waals surface area contributed by atoms with Crippen molar-refractivity contribution >= 4 is 5.57 Å². The molecule has 0 amide bonds. The van der Waals surface area contributed by atoms with E-state index in [1.807, 2.05) is 0 Å². The Hall–Kier alpha value is -1.04. The van der Waals surface area contributed by atoms with Crippen LogP contribution in [0.2, 0.25) is 0 Å². The van der Waals surface area contributed by atoms with E-state index in [0.29, 0.717) is 0 Å². The molecule has 0 bridgehead atoms. The summed E-state index contributed by atoms with van der Waals surface area (Å²) in [4.78, 5) is 0. The SMILES string of the molecule is CCCCCCCC1CCC(c2ccc(C3=CCC(CCCC)CC3)cc2)CC1. The first kappa shape index (κ1) is 22.6. The van der Waals surface area contributed by atoms with Crippen LogP contribution in [0.1, 0.15) is 134 Å². The highest BCUT2D eigenvalue weighted by Crippen LogP contribution is 2.39. The van der Waals surface area contributed by atoms with Gasteiger partial charge >= 0.3 is 0 Å². The van der Waals surface area contributed by atoms with Crippen LogP contribution >= 0.6 is 0 Å². The molecule has 0 heteroatoms. The van der Waals surface area contributed by atoms with Gasteiger partial charge in [0.1, 0.15) is 0 Å². The Labute approximate surface area is 181 Å². The monoisotopic (exact) mass is 394 g/mol. The topological polar surface area (TPSA) is 0 Å². The molecular weight excluding hydrogens is 348 g/mol. The molecule has 1 atom stereocenters. The normalized spacial score (nSPS) is 25.0. The molecule has 2 aliphatic carbocycles. The molecule has 0 heterocycles. The van der Waals surface area contributed by atoms with Gasteiger partial charge in [0.15, 0.2) is 0 Å². The van der Waals surface area contributed by atoms with Crippen LogP contribution in [0, 0.1) is 11.8 Å². The second kappa shape index (κ2) is 12.6. The van der Waals surface area contributed by atoms with Crippen molar-refractivity contribution in [2.24, 2.45) is 11.8 Å². The second-order valence-electron chi connectivity index (χ2n) is 10.1. The Bertz CT molecular complexity index is 585. The fourth-order valence-corrected chi connectivity index (χ4v) is 5.70. The zero-order valence-electron chi connectivity index (χ0n) is 19.4. The lowest BCUT2D eigenvalue weighted by Crippen LogP contribution is -2.13. The summed E-state index contributed by atoms with van der Waals surface area (Å²) in [6, 6.07) is 9.75. The van der Waals surface area contributed by atoms with Crippen LogP contribution in [-0.2, 0) is 0 Å². The second-order valence-corrected chi connectivity index (χ2v) is 10.1. The van der Waals surface area contributed by atoms with Gasteiger partial charge in [-0.05, 0) is 79.4 Å². The third-order valence-corrected chi connectivity index (χ3v) is 7.80. The van der Waals surface area contributed by atoms with E-state index in [2.05, 4.69) is 44.2 Å². The van der Waals surface area contributed by atoms with E-state index >= 15 is 0 Å². The Balaban J connectivity index is 1.41. The molecule has 2 aliphatic rings. The van der Waals surface area contributed by atoms with Crippen molar-refractivity contribution < 1.29 is 0 Å². The molecular formula is C29H46. The highest BCUT2D eigenvalue weighted by molar-refractivity contribution is 5.66. The van der Waals surface area contributed by atoms with Crippen LogP contribution in [0.5, 0.6) is 0 Å². The first-order chi connectivity index (χ1) is 14.3. The number of benzene rings is 1. The van der Waals surface area contributed by atoms with E-state index in [9.17, 15) is 0 Å². The molecule has 1 saturated carbocycles. The van der Waals surface area contributed by atoms with Gasteiger partial charge in [-0.15, -0.1) is 0 Å². The molecule has 0 nitrogen and oxygen atoms in total. The number of hydrogen-bond acceptors (Lipinski definition) is 0. The highest BCUT2D eigenvalue weighted by Gasteiger charge is 2.22. The molecule has 1 unspecified atom stereocenters. The molecule has 0 saturated heterocycles. The summed E-state index contributed by atoms with van der Waals surface area (Å²) in [5.74, 6) is 2.78. The maximum Gasteiger partial charge on any atom is -0.0162 e. The summed E-state index contributed by atoms with van der Waals surface area (Å²) in [5, 5.41) is 0. The lowest BCUT2D eigenvalue weighted by molar-refractivity contribution is 0.302. The fourth-order valence-electron chi connectivity index (χ4n) is 5.70. The smallest absolute Gasteiger partial charge is 0.0162 e. The molecule has 1 fully saturated rings. The summed E-state index contributed by atoms with van der Waals surface area (Å²) >= 11 is 0. The average Bonchev–Trinajstić information content (AvgIpc) is 2.78. The van der Waals surface area contributed by atoms with Crippen molar-refractivity contribution in [2.75, 3.05) is 0 Å². The van der Waals surface area contributed by atoms with Gasteiger partial charge in [0, 0.05) is 0 Å². The Kier molecular flexibility index (Phi) is 9.84. The number of unbranched alkanes of at least 4 members (excludes halogenated alkanes) is 5. The predicted molar refractivity (Wildman–Crippen MR) is 129 cm³/mol. The predicted octanol–water partition coefficient (Wildman–Crippen LogP) is 9.69. The Morgan fingerprint density at radius 3 is 2.03 bits per heavy atom. The summed E-state index contributed by atoms with van der Waals surface area (Å²) in [6.07, 6.45) is 25.1. The van der Waals surface area contributed by atoms with Crippen LogP contribution in [-0.4, -0.2) is 0 Å². The van der Waals surface area contributed by atoms with E-state index in [-0.39, 0.29) is 0 Å². The third kappa shape index (κ3) is 7.30. The molecule has 0 radical (unpaired) electrons. The fraction of sp³-hybridized carbons (Fsp3) is 0.724. The van der Waals surface area contributed by atoms with E-state index < -0.39 is 0 Å². The van der Waals surface area contributed by atoms with Crippen molar-refractivity contribution in [2.45, 2.75) is 122 Å². The molecule has 162 valence electrons. The largest absolute Gasteiger partial charge is 0.0804 e. The van der Waals surface area contributed by atoms with Crippen LogP contribution in [0.3, 0.4) is 0 Å². The molecule has 0 aromatic heterocycles. The molecule has 0 aliphatic heterocycles. The minimum atomic E-state index is 0.819. The van der Waals surface area contributed by atoms with E-state index in [1.54, 1.807) is 11.1 Å². The average molecular weight is 395 g/mol. The Morgan fingerprint density at radius 2 is 1.38 bits per heavy atom. The van der Waals surface area contributed by atoms with Crippen LogP contribution in [0.4, 0.5) is 0 Å². The quantitative estimate of drug-likeness (QED) is 0.328. The molecule has 3 rings (SSSR count). The lowest BCUT2D eigenvalue weighted by atomic mass is 9.76. The minimum Gasteiger partial charge on any atom is -0.0804 e. The van der Waals surface area contributed by atoms with Gasteiger partial charge in [0.05, 0.1) is 0 Å². The zero-order chi connectivity index (χ0) is 20.3. The molecule has 0 N–H and O–H groups in total. The minimum absolute atomic E-state index is 0.819. The van der Waals surface area contributed by atoms with Crippen molar-refractivity contribution in [1.82, 2.24) is 0 Å².